The summed E-state index contributed by atoms with van der Waals surface area (Å²) < 4.78 is 10.4. The Balaban J connectivity index is 1.30. The molecule has 3 aromatic rings. The second kappa shape index (κ2) is 7.48. The number of carbonyl (C=O) groups excluding carboxylic acids is 3. The summed E-state index contributed by atoms with van der Waals surface area (Å²) in [4.78, 5) is 37.6. The van der Waals surface area contributed by atoms with Gasteiger partial charge in [-0.1, -0.05) is 47.6 Å². The number of esters is 1. The summed E-state index contributed by atoms with van der Waals surface area (Å²) >= 11 is 0. The fourth-order valence-corrected chi connectivity index (χ4v) is 2.99. The molecular weight excluding hydrogens is 360 g/mol. The van der Waals surface area contributed by atoms with E-state index in [1.807, 2.05) is 30.3 Å². The average molecular weight is 376 g/mol. The zero-order valence-corrected chi connectivity index (χ0v) is 14.8. The largest absolute Gasteiger partial charge is 0.459 e. The predicted octanol–water partition coefficient (Wildman–Crippen LogP) is 3.07. The van der Waals surface area contributed by atoms with E-state index in [2.05, 4.69) is 5.16 Å². The zero-order chi connectivity index (χ0) is 19.5. The number of rotatable bonds is 6. The number of imide groups is 1. The van der Waals surface area contributed by atoms with Crippen LogP contribution >= 0.6 is 0 Å². The van der Waals surface area contributed by atoms with Gasteiger partial charge in [0.2, 0.25) is 0 Å². The van der Waals surface area contributed by atoms with Crippen molar-refractivity contribution < 1.29 is 23.6 Å². The lowest BCUT2D eigenvalue weighted by Crippen LogP contribution is -2.32. The van der Waals surface area contributed by atoms with E-state index < -0.39 is 17.8 Å². The molecule has 0 spiro atoms. The van der Waals surface area contributed by atoms with Crippen molar-refractivity contribution in [3.05, 3.63) is 77.5 Å². The molecule has 0 bridgehead atoms. The molecule has 7 nitrogen and oxygen atoms in total. The molecule has 28 heavy (non-hydrogen) atoms. The lowest BCUT2D eigenvalue weighted by molar-refractivity contribution is -0.145. The van der Waals surface area contributed by atoms with Gasteiger partial charge in [0.05, 0.1) is 17.5 Å². The van der Waals surface area contributed by atoms with E-state index in [0.717, 1.165) is 10.5 Å². The number of aromatic nitrogens is 1. The minimum Gasteiger partial charge on any atom is -0.459 e. The van der Waals surface area contributed by atoms with E-state index >= 15 is 0 Å². The number of benzene rings is 2. The molecule has 1 aliphatic heterocycles. The highest BCUT2D eigenvalue weighted by Gasteiger charge is 2.35. The number of hydrogen-bond acceptors (Lipinski definition) is 6. The van der Waals surface area contributed by atoms with Gasteiger partial charge >= 0.3 is 5.97 Å². The second-order valence-corrected chi connectivity index (χ2v) is 6.27. The third kappa shape index (κ3) is 3.42. The standard InChI is InChI=1S/C21H16N2O5/c24-19(10-11-23-20(25)16-8-4-5-9-17(16)21(23)26)27-13-15-12-18(28-22-15)14-6-2-1-3-7-14/h1-9,12H,10-11,13H2. The highest BCUT2D eigenvalue weighted by atomic mass is 16.5. The summed E-state index contributed by atoms with van der Waals surface area (Å²) in [6.45, 7) is -0.0729. The number of nitrogens with zero attached hydrogens (tertiary/aromatic N) is 2. The molecular formula is C21H16N2O5. The summed E-state index contributed by atoms with van der Waals surface area (Å²) in [6.07, 6.45) is -0.0884. The molecule has 0 aliphatic carbocycles. The minimum atomic E-state index is -0.527. The number of fused-ring (bicyclic) bond motifs is 1. The maximum Gasteiger partial charge on any atom is 0.307 e. The highest BCUT2D eigenvalue weighted by Crippen LogP contribution is 2.23. The Morgan fingerprint density at radius 3 is 2.29 bits per heavy atom. The molecule has 0 fully saturated rings. The van der Waals surface area contributed by atoms with Crippen molar-refractivity contribution in [1.29, 1.82) is 0 Å². The van der Waals surface area contributed by atoms with Gasteiger partial charge in [0.1, 0.15) is 12.3 Å². The summed E-state index contributed by atoms with van der Waals surface area (Å²) in [6, 6.07) is 17.7. The Kier molecular flexibility index (Phi) is 4.72. The molecule has 2 amide bonds. The van der Waals surface area contributed by atoms with Gasteiger partial charge in [-0.2, -0.15) is 0 Å². The monoisotopic (exact) mass is 376 g/mol. The lowest BCUT2D eigenvalue weighted by Gasteiger charge is -2.12. The molecule has 0 atom stereocenters. The Hall–Kier alpha value is -3.74. The van der Waals surface area contributed by atoms with Gasteiger partial charge in [-0.3, -0.25) is 19.3 Å². The first-order chi connectivity index (χ1) is 13.6. The summed E-state index contributed by atoms with van der Waals surface area (Å²) in [5.74, 6) is -0.728. The average Bonchev–Trinajstić information content (AvgIpc) is 3.30. The molecule has 0 N–H and O–H groups in total. The first-order valence-corrected chi connectivity index (χ1v) is 8.75. The highest BCUT2D eigenvalue weighted by molar-refractivity contribution is 6.21. The van der Waals surface area contributed by atoms with E-state index in [1.54, 1.807) is 30.3 Å². The number of amides is 2. The van der Waals surface area contributed by atoms with Crippen molar-refractivity contribution in [2.24, 2.45) is 0 Å². The maximum atomic E-state index is 12.3. The SMILES string of the molecule is O=C(CCN1C(=O)c2ccccc2C1=O)OCc1cc(-c2ccccc2)on1. The molecule has 4 rings (SSSR count). The summed E-state index contributed by atoms with van der Waals surface area (Å²) in [7, 11) is 0. The first-order valence-electron chi connectivity index (χ1n) is 8.75. The Labute approximate surface area is 160 Å². The molecule has 1 aromatic heterocycles. The third-order valence-corrected chi connectivity index (χ3v) is 4.42. The van der Waals surface area contributed by atoms with Crippen molar-refractivity contribution in [2.75, 3.05) is 6.54 Å². The van der Waals surface area contributed by atoms with Crippen LogP contribution in [0.2, 0.25) is 0 Å². The van der Waals surface area contributed by atoms with Gasteiger partial charge in [0, 0.05) is 18.2 Å². The van der Waals surface area contributed by atoms with Crippen LogP contribution in [0.3, 0.4) is 0 Å². The Morgan fingerprint density at radius 2 is 1.61 bits per heavy atom. The number of hydrogen-bond donors (Lipinski definition) is 0. The third-order valence-electron chi connectivity index (χ3n) is 4.42. The van der Waals surface area contributed by atoms with Crippen molar-refractivity contribution >= 4 is 17.8 Å². The van der Waals surface area contributed by atoms with Crippen LogP contribution < -0.4 is 0 Å². The van der Waals surface area contributed by atoms with E-state index in [0.29, 0.717) is 22.6 Å². The second-order valence-electron chi connectivity index (χ2n) is 6.27. The molecule has 2 heterocycles. The molecule has 2 aromatic carbocycles. The van der Waals surface area contributed by atoms with Crippen LogP contribution in [0, 0.1) is 0 Å². The van der Waals surface area contributed by atoms with Crippen molar-refractivity contribution in [3.63, 3.8) is 0 Å². The molecule has 0 unspecified atom stereocenters. The van der Waals surface area contributed by atoms with Gasteiger partial charge in [0.15, 0.2) is 5.76 Å². The van der Waals surface area contributed by atoms with Gasteiger partial charge in [-0.05, 0) is 12.1 Å². The van der Waals surface area contributed by atoms with Crippen LogP contribution in [0.5, 0.6) is 0 Å². The Bertz CT molecular complexity index is 1010. The lowest BCUT2D eigenvalue weighted by atomic mass is 10.1. The molecule has 0 radical (unpaired) electrons. The molecule has 7 heteroatoms. The fourth-order valence-electron chi connectivity index (χ4n) is 2.99. The minimum absolute atomic E-state index is 0.0285. The number of ether oxygens (including phenoxy) is 1. The van der Waals surface area contributed by atoms with E-state index in [1.165, 1.54) is 0 Å². The Morgan fingerprint density at radius 1 is 0.964 bits per heavy atom. The predicted molar refractivity (Wildman–Crippen MR) is 98.2 cm³/mol. The van der Waals surface area contributed by atoms with Crippen LogP contribution in [0.25, 0.3) is 11.3 Å². The van der Waals surface area contributed by atoms with Crippen LogP contribution in [0.15, 0.2) is 65.2 Å². The topological polar surface area (TPSA) is 89.7 Å². The summed E-state index contributed by atoms with van der Waals surface area (Å²) in [5.41, 5.74) is 2.07. The van der Waals surface area contributed by atoms with Gasteiger partial charge in [0.25, 0.3) is 11.8 Å². The van der Waals surface area contributed by atoms with Crippen LogP contribution in [-0.2, 0) is 16.1 Å². The van der Waals surface area contributed by atoms with Crippen molar-refractivity contribution in [1.82, 2.24) is 10.1 Å². The van der Waals surface area contributed by atoms with Crippen LogP contribution in [0.1, 0.15) is 32.8 Å². The van der Waals surface area contributed by atoms with E-state index in [-0.39, 0.29) is 19.6 Å². The normalized spacial score (nSPS) is 12.9. The molecule has 0 saturated heterocycles. The van der Waals surface area contributed by atoms with Gasteiger partial charge in [-0.15, -0.1) is 0 Å². The first kappa shape index (κ1) is 17.7. The quantitative estimate of drug-likeness (QED) is 0.485. The summed E-state index contributed by atoms with van der Waals surface area (Å²) in [5, 5.41) is 3.88. The van der Waals surface area contributed by atoms with Crippen LogP contribution in [-0.4, -0.2) is 34.4 Å². The van der Waals surface area contributed by atoms with E-state index in [9.17, 15) is 14.4 Å². The molecule has 140 valence electrons. The smallest absolute Gasteiger partial charge is 0.307 e. The van der Waals surface area contributed by atoms with Crippen molar-refractivity contribution in [3.8, 4) is 11.3 Å². The molecule has 0 saturated carbocycles. The maximum absolute atomic E-state index is 12.3. The van der Waals surface area contributed by atoms with Gasteiger partial charge < -0.3 is 9.26 Å². The van der Waals surface area contributed by atoms with Crippen LogP contribution in [0.4, 0.5) is 0 Å². The zero-order valence-electron chi connectivity index (χ0n) is 14.8. The number of carbonyl (C=O) groups is 3. The van der Waals surface area contributed by atoms with E-state index in [4.69, 9.17) is 9.26 Å². The fraction of sp³-hybridized carbons (Fsp3) is 0.143. The molecule has 1 aliphatic rings. The van der Waals surface area contributed by atoms with Gasteiger partial charge in [-0.25, -0.2) is 0 Å². The van der Waals surface area contributed by atoms with Crippen molar-refractivity contribution in [2.45, 2.75) is 13.0 Å².